The van der Waals surface area contributed by atoms with E-state index in [0.29, 0.717) is 31.2 Å². The molecule has 0 heterocycles. The largest absolute Gasteiger partial charge is 0.330 e. The molecule has 0 amide bonds. The average Bonchev–Trinajstić information content (AvgIpc) is 2.59. The molecular weight excluding hydrogens is 295 g/mol. The van der Waals surface area contributed by atoms with Crippen LogP contribution in [0.25, 0.3) is 0 Å². The Morgan fingerprint density at radius 3 is 1.95 bits per heavy atom. The summed E-state index contributed by atoms with van der Waals surface area (Å²) in [7, 11) is -2.94. The van der Waals surface area contributed by atoms with Gasteiger partial charge in [0.25, 0.3) is 0 Å². The van der Waals surface area contributed by atoms with Crippen LogP contribution in [0.5, 0.6) is 0 Å². The maximum Gasteiger partial charge on any atom is 0.330 e. The van der Waals surface area contributed by atoms with Crippen LogP contribution in [0.2, 0.25) is 0 Å². The molecule has 126 valence electrons. The summed E-state index contributed by atoms with van der Waals surface area (Å²) < 4.78 is 24.6. The van der Waals surface area contributed by atoms with Gasteiger partial charge in [-0.05, 0) is 44.9 Å². The molecule has 2 unspecified atom stereocenters. The smallest absolute Gasteiger partial charge is 0.308 e. The van der Waals surface area contributed by atoms with Crippen LogP contribution >= 0.6 is 7.60 Å². The molecule has 0 fully saturated rings. The molecule has 0 aromatic carbocycles. The van der Waals surface area contributed by atoms with E-state index in [2.05, 4.69) is 31.2 Å². The lowest BCUT2D eigenvalue weighted by Gasteiger charge is -2.24. The molecule has 0 saturated heterocycles. The summed E-state index contributed by atoms with van der Waals surface area (Å²) >= 11 is 0. The van der Waals surface area contributed by atoms with Gasteiger partial charge in [-0.1, -0.05) is 37.6 Å². The molecule has 22 heavy (non-hydrogen) atoms. The van der Waals surface area contributed by atoms with E-state index in [9.17, 15) is 4.57 Å². The normalized spacial score (nSPS) is 27.7. The van der Waals surface area contributed by atoms with Crippen molar-refractivity contribution >= 4 is 7.60 Å². The Labute approximate surface area is 135 Å². The second kappa shape index (κ2) is 9.70. The molecule has 0 aromatic rings. The van der Waals surface area contributed by atoms with Crippen molar-refractivity contribution in [3.63, 3.8) is 0 Å². The number of hydrogen-bond donors (Lipinski definition) is 0. The fourth-order valence-electron chi connectivity index (χ4n) is 2.98. The predicted molar refractivity (Wildman–Crippen MR) is 92.2 cm³/mol. The first kappa shape index (κ1) is 18.0. The quantitative estimate of drug-likeness (QED) is 0.401. The molecule has 2 aliphatic carbocycles. The zero-order valence-corrected chi connectivity index (χ0v) is 14.8. The molecule has 0 spiro atoms. The van der Waals surface area contributed by atoms with Crippen LogP contribution in [0.15, 0.2) is 24.3 Å². The molecule has 0 aliphatic heterocycles. The monoisotopic (exact) mass is 326 g/mol. The van der Waals surface area contributed by atoms with Crippen LogP contribution < -0.4 is 0 Å². The lowest BCUT2D eigenvalue weighted by Crippen LogP contribution is -2.14. The third-order valence-corrected chi connectivity index (χ3v) is 6.41. The summed E-state index contributed by atoms with van der Waals surface area (Å²) in [6.07, 6.45) is 18.3. The Morgan fingerprint density at radius 1 is 1.00 bits per heavy atom. The van der Waals surface area contributed by atoms with Crippen molar-refractivity contribution in [2.24, 2.45) is 11.8 Å². The number of unbranched alkanes of at least 4 members (excludes halogenated alkanes) is 1. The van der Waals surface area contributed by atoms with E-state index in [-0.39, 0.29) is 0 Å². The topological polar surface area (TPSA) is 35.5 Å². The fraction of sp³-hybridized carbons (Fsp3) is 0.778. The fourth-order valence-corrected chi connectivity index (χ4v) is 4.85. The Balaban J connectivity index is 1.83. The van der Waals surface area contributed by atoms with Crippen LogP contribution in [0.3, 0.4) is 0 Å². The molecular formula is C18H31O3P. The molecule has 2 rings (SSSR count). The van der Waals surface area contributed by atoms with Crippen LogP contribution in [-0.2, 0) is 13.6 Å². The second-order valence-electron chi connectivity index (χ2n) is 6.52. The number of rotatable bonds is 9. The van der Waals surface area contributed by atoms with Gasteiger partial charge in [0.2, 0.25) is 0 Å². The highest BCUT2D eigenvalue weighted by molar-refractivity contribution is 7.53. The minimum absolute atomic E-state index is 0.405. The average molecular weight is 326 g/mol. The summed E-state index contributed by atoms with van der Waals surface area (Å²) in [6, 6.07) is 0. The summed E-state index contributed by atoms with van der Waals surface area (Å²) in [5.74, 6) is 0.809. The van der Waals surface area contributed by atoms with Crippen LogP contribution in [0.4, 0.5) is 0 Å². The SMILES string of the molecule is CCCCP(=O)(OCC1C=CCCC1)OCC1C=CCCC1. The van der Waals surface area contributed by atoms with Gasteiger partial charge >= 0.3 is 7.60 Å². The Morgan fingerprint density at radius 2 is 1.55 bits per heavy atom. The minimum atomic E-state index is -2.94. The number of allylic oxidation sites excluding steroid dienone is 2. The maximum atomic E-state index is 13.0. The van der Waals surface area contributed by atoms with E-state index >= 15 is 0 Å². The lowest BCUT2D eigenvalue weighted by atomic mass is 9.97. The second-order valence-corrected chi connectivity index (χ2v) is 8.70. The van der Waals surface area contributed by atoms with E-state index in [1.165, 1.54) is 12.8 Å². The van der Waals surface area contributed by atoms with Gasteiger partial charge in [-0.25, -0.2) is 0 Å². The zero-order chi connectivity index (χ0) is 15.7. The van der Waals surface area contributed by atoms with Gasteiger partial charge in [0.1, 0.15) is 0 Å². The first-order valence-electron chi connectivity index (χ1n) is 8.93. The molecule has 3 nitrogen and oxygen atoms in total. The van der Waals surface area contributed by atoms with Crippen molar-refractivity contribution in [2.75, 3.05) is 19.4 Å². The van der Waals surface area contributed by atoms with Gasteiger partial charge in [-0.15, -0.1) is 0 Å². The molecule has 0 bridgehead atoms. The minimum Gasteiger partial charge on any atom is -0.308 e. The molecule has 0 radical (unpaired) electrons. The van der Waals surface area contributed by atoms with Crippen LogP contribution in [-0.4, -0.2) is 19.4 Å². The first-order valence-corrected chi connectivity index (χ1v) is 10.7. The summed E-state index contributed by atoms with van der Waals surface area (Å²) in [6.45, 7) is 3.19. The van der Waals surface area contributed by atoms with E-state index in [1.807, 2.05) is 0 Å². The van der Waals surface area contributed by atoms with E-state index in [0.717, 1.165) is 38.5 Å². The Hall–Kier alpha value is -0.370. The van der Waals surface area contributed by atoms with Gasteiger partial charge < -0.3 is 9.05 Å². The predicted octanol–water partition coefficient (Wildman–Crippen LogP) is 5.73. The third-order valence-electron chi connectivity index (χ3n) is 4.46. The van der Waals surface area contributed by atoms with Crippen LogP contribution in [0, 0.1) is 11.8 Å². The van der Waals surface area contributed by atoms with Crippen LogP contribution in [0.1, 0.15) is 58.3 Å². The summed E-state index contributed by atoms with van der Waals surface area (Å²) in [4.78, 5) is 0. The van der Waals surface area contributed by atoms with Crippen molar-refractivity contribution in [3.05, 3.63) is 24.3 Å². The van der Waals surface area contributed by atoms with Gasteiger partial charge in [0.15, 0.2) is 0 Å². The molecule has 0 aromatic heterocycles. The highest BCUT2D eigenvalue weighted by Crippen LogP contribution is 2.50. The maximum absolute atomic E-state index is 13.0. The van der Waals surface area contributed by atoms with Gasteiger partial charge in [-0.3, -0.25) is 4.57 Å². The molecule has 2 aliphatic rings. The van der Waals surface area contributed by atoms with Crippen molar-refractivity contribution in [2.45, 2.75) is 58.3 Å². The number of hydrogen-bond acceptors (Lipinski definition) is 3. The summed E-state index contributed by atoms with van der Waals surface area (Å²) in [5, 5.41) is 0. The van der Waals surface area contributed by atoms with Crippen molar-refractivity contribution in [1.29, 1.82) is 0 Å². The van der Waals surface area contributed by atoms with Crippen molar-refractivity contribution in [1.82, 2.24) is 0 Å². The highest BCUT2D eigenvalue weighted by atomic mass is 31.2. The standard InChI is InChI=1S/C18H31O3P/c1-2-3-14-22(19,20-15-17-10-6-4-7-11-17)21-16-18-12-8-5-9-13-18/h6,8,10,12,17-18H,2-5,7,9,11,13-16H2,1H3. The van der Waals surface area contributed by atoms with Crippen molar-refractivity contribution < 1.29 is 13.6 Å². The molecule has 2 atom stereocenters. The Bertz CT molecular complexity index is 385. The lowest BCUT2D eigenvalue weighted by molar-refractivity contribution is 0.170. The van der Waals surface area contributed by atoms with Gasteiger partial charge in [0.05, 0.1) is 19.4 Å². The van der Waals surface area contributed by atoms with E-state index < -0.39 is 7.60 Å². The molecule has 4 heteroatoms. The highest BCUT2D eigenvalue weighted by Gasteiger charge is 2.26. The van der Waals surface area contributed by atoms with Crippen molar-refractivity contribution in [3.8, 4) is 0 Å². The Kier molecular flexibility index (Phi) is 7.92. The molecule has 0 N–H and O–H groups in total. The first-order chi connectivity index (χ1) is 10.7. The summed E-state index contributed by atoms with van der Waals surface area (Å²) in [5.41, 5.74) is 0. The van der Waals surface area contributed by atoms with E-state index in [4.69, 9.17) is 9.05 Å². The van der Waals surface area contributed by atoms with E-state index in [1.54, 1.807) is 0 Å². The van der Waals surface area contributed by atoms with Gasteiger partial charge in [-0.2, -0.15) is 0 Å². The molecule has 0 saturated carbocycles. The zero-order valence-electron chi connectivity index (χ0n) is 13.9. The third kappa shape index (κ3) is 6.40. The van der Waals surface area contributed by atoms with Gasteiger partial charge in [0, 0.05) is 11.8 Å².